The van der Waals surface area contributed by atoms with Crippen LogP contribution in [0.2, 0.25) is 0 Å². The number of nitrogens with one attached hydrogen (secondary N) is 1. The summed E-state index contributed by atoms with van der Waals surface area (Å²) in [6.07, 6.45) is -0.337. The van der Waals surface area contributed by atoms with Crippen LogP contribution in [0.4, 0.5) is 5.69 Å². The first-order valence-electron chi connectivity index (χ1n) is 14.3. The molecule has 2 aliphatic rings. The van der Waals surface area contributed by atoms with E-state index in [1.165, 1.54) is 13.2 Å². The second-order valence-corrected chi connectivity index (χ2v) is 10.7. The Morgan fingerprint density at radius 2 is 1.68 bits per heavy atom. The number of H-pyrrole nitrogens is 1. The van der Waals surface area contributed by atoms with E-state index in [2.05, 4.69) is 14.8 Å². The Morgan fingerprint density at radius 1 is 0.977 bits per heavy atom. The molecule has 4 aromatic rings. The van der Waals surface area contributed by atoms with Gasteiger partial charge in [-0.1, -0.05) is 0 Å². The van der Waals surface area contributed by atoms with Crippen LogP contribution >= 0.6 is 0 Å². The summed E-state index contributed by atoms with van der Waals surface area (Å²) < 4.78 is 27.6. The molecule has 44 heavy (non-hydrogen) atoms. The number of rotatable bonds is 8. The maximum atomic E-state index is 13.4. The molecular weight excluding hydrogens is 570 g/mol. The molecule has 2 aliphatic heterocycles. The molecule has 0 spiro atoms. The van der Waals surface area contributed by atoms with Gasteiger partial charge in [-0.2, -0.15) is 0 Å². The molecule has 2 aromatic heterocycles. The van der Waals surface area contributed by atoms with Crippen molar-refractivity contribution in [3.63, 3.8) is 0 Å². The van der Waals surface area contributed by atoms with Crippen LogP contribution in [0, 0.1) is 0 Å². The molecule has 0 saturated carbocycles. The number of aromatic hydroxyl groups is 1. The fraction of sp³-hybridized carbons (Fsp3) is 0.344. The Hall–Kier alpha value is -4.97. The third kappa shape index (κ3) is 5.93. The number of pyridine rings is 1. The van der Waals surface area contributed by atoms with Gasteiger partial charge in [0, 0.05) is 54.9 Å². The lowest BCUT2D eigenvalue weighted by Gasteiger charge is -2.36. The van der Waals surface area contributed by atoms with Gasteiger partial charge in [0.05, 0.1) is 38.6 Å². The molecule has 230 valence electrons. The van der Waals surface area contributed by atoms with Crippen LogP contribution in [0.3, 0.4) is 0 Å². The van der Waals surface area contributed by atoms with Crippen LogP contribution < -0.4 is 30.1 Å². The number of aromatic nitrogens is 1. The second kappa shape index (κ2) is 12.3. The Kier molecular flexibility index (Phi) is 8.16. The first-order chi connectivity index (χ1) is 21.3. The van der Waals surface area contributed by atoms with Crippen molar-refractivity contribution in [2.75, 3.05) is 58.5 Å². The SMILES string of the molecule is COC(=O)C[C@H](c1oc(CN2CCN(c3ccc(OC)cc3)CC2)cc(=O)c1O)c1cc2cc3c(cc2[nH]c1=O)OCCO3. The number of piperazine rings is 1. The Bertz CT molecular complexity index is 1790. The molecule has 12 heteroatoms. The van der Waals surface area contributed by atoms with Crippen molar-refractivity contribution in [1.29, 1.82) is 0 Å². The standard InChI is InChI=1S/C32H33N3O9/c1-40-21-5-3-20(4-6-21)35-9-7-34(8-10-35)18-22-15-26(36)30(38)31(44-22)23(16-29(37)41-2)24-13-19-14-27-28(43-12-11-42-27)17-25(19)33-32(24)39/h3-6,13-15,17,23,38H,7-12,16,18H2,1-2H3,(H,33,39)/t23-/m0/s1. The molecule has 1 saturated heterocycles. The summed E-state index contributed by atoms with van der Waals surface area (Å²) in [6.45, 7) is 4.03. The molecule has 2 N–H and O–H groups in total. The number of aromatic amines is 1. The number of nitrogens with zero attached hydrogens (tertiary/aromatic N) is 2. The lowest BCUT2D eigenvalue weighted by molar-refractivity contribution is -0.140. The van der Waals surface area contributed by atoms with Gasteiger partial charge in [0.2, 0.25) is 11.2 Å². The van der Waals surface area contributed by atoms with Crippen molar-refractivity contribution >= 4 is 22.6 Å². The zero-order valence-electron chi connectivity index (χ0n) is 24.5. The van der Waals surface area contributed by atoms with Crippen molar-refractivity contribution in [3.05, 3.63) is 86.2 Å². The van der Waals surface area contributed by atoms with Crippen molar-refractivity contribution in [1.82, 2.24) is 9.88 Å². The lowest BCUT2D eigenvalue weighted by Crippen LogP contribution is -2.46. The monoisotopic (exact) mass is 603 g/mol. The number of benzene rings is 2. The molecule has 0 radical (unpaired) electrons. The van der Waals surface area contributed by atoms with Crippen molar-refractivity contribution in [2.45, 2.75) is 18.9 Å². The van der Waals surface area contributed by atoms with Crippen LogP contribution in [0.1, 0.15) is 29.4 Å². The number of hydrogen-bond donors (Lipinski definition) is 2. The van der Waals surface area contributed by atoms with Gasteiger partial charge in [0.15, 0.2) is 17.3 Å². The van der Waals surface area contributed by atoms with Gasteiger partial charge in [-0.3, -0.25) is 19.3 Å². The first-order valence-corrected chi connectivity index (χ1v) is 14.3. The predicted octanol–water partition coefficient (Wildman–Crippen LogP) is 2.98. The molecule has 6 rings (SSSR count). The van der Waals surface area contributed by atoms with Gasteiger partial charge < -0.3 is 38.4 Å². The Morgan fingerprint density at radius 3 is 2.36 bits per heavy atom. The number of methoxy groups -OCH3 is 2. The first kappa shape index (κ1) is 29.1. The number of anilines is 1. The molecule has 0 unspecified atom stereocenters. The molecule has 1 atom stereocenters. The number of carbonyl (C=O) groups is 1. The summed E-state index contributed by atoms with van der Waals surface area (Å²) in [6, 6.07) is 14.2. The second-order valence-electron chi connectivity index (χ2n) is 10.7. The van der Waals surface area contributed by atoms with Crippen molar-refractivity contribution in [2.24, 2.45) is 0 Å². The van der Waals surface area contributed by atoms with Gasteiger partial charge >= 0.3 is 5.97 Å². The number of fused-ring (bicyclic) bond motifs is 2. The number of esters is 1. The van der Waals surface area contributed by atoms with Gasteiger partial charge in [0.25, 0.3) is 5.56 Å². The zero-order valence-corrected chi connectivity index (χ0v) is 24.5. The van der Waals surface area contributed by atoms with E-state index in [0.717, 1.165) is 24.5 Å². The largest absolute Gasteiger partial charge is 0.502 e. The van der Waals surface area contributed by atoms with E-state index in [9.17, 15) is 19.5 Å². The molecular formula is C32H33N3O9. The molecule has 0 aliphatic carbocycles. The molecule has 2 aromatic carbocycles. The van der Waals surface area contributed by atoms with Gasteiger partial charge in [-0.25, -0.2) is 0 Å². The van der Waals surface area contributed by atoms with Gasteiger partial charge in [-0.15, -0.1) is 0 Å². The molecule has 4 heterocycles. The quantitative estimate of drug-likeness (QED) is 0.287. The minimum Gasteiger partial charge on any atom is -0.502 e. The van der Waals surface area contributed by atoms with E-state index in [1.807, 2.05) is 24.3 Å². The molecule has 0 bridgehead atoms. The summed E-state index contributed by atoms with van der Waals surface area (Å²) in [5.74, 6) is -0.418. The topological polar surface area (TPSA) is 144 Å². The summed E-state index contributed by atoms with van der Waals surface area (Å²) in [4.78, 5) is 46.1. The number of ether oxygens (including phenoxy) is 4. The van der Waals surface area contributed by atoms with Crippen LogP contribution in [-0.2, 0) is 16.1 Å². The highest BCUT2D eigenvalue weighted by atomic mass is 16.6. The average Bonchev–Trinajstić information content (AvgIpc) is 3.04. The van der Waals surface area contributed by atoms with Crippen LogP contribution in [0.15, 0.2) is 62.5 Å². The van der Waals surface area contributed by atoms with Crippen LogP contribution in [-0.4, -0.2) is 74.6 Å². The highest BCUT2D eigenvalue weighted by Crippen LogP contribution is 2.37. The van der Waals surface area contributed by atoms with E-state index < -0.39 is 28.6 Å². The summed E-state index contributed by atoms with van der Waals surface area (Å²) in [5, 5.41) is 11.5. The lowest BCUT2D eigenvalue weighted by atomic mass is 9.92. The highest BCUT2D eigenvalue weighted by molar-refractivity contribution is 5.83. The zero-order chi connectivity index (χ0) is 30.8. The highest BCUT2D eigenvalue weighted by Gasteiger charge is 2.30. The van der Waals surface area contributed by atoms with Gasteiger partial charge in [0.1, 0.15) is 24.7 Å². The van der Waals surface area contributed by atoms with Crippen LogP contribution in [0.25, 0.3) is 10.9 Å². The summed E-state index contributed by atoms with van der Waals surface area (Å²) in [5.41, 5.74) is 0.557. The summed E-state index contributed by atoms with van der Waals surface area (Å²) in [7, 11) is 2.86. The predicted molar refractivity (Wildman–Crippen MR) is 161 cm³/mol. The van der Waals surface area contributed by atoms with Gasteiger partial charge in [-0.05, 0) is 36.4 Å². The van der Waals surface area contributed by atoms with E-state index in [4.69, 9.17) is 23.4 Å². The number of carbonyl (C=O) groups excluding carboxylic acids is 1. The smallest absolute Gasteiger partial charge is 0.306 e. The molecule has 12 nitrogen and oxygen atoms in total. The van der Waals surface area contributed by atoms with E-state index in [1.54, 1.807) is 25.3 Å². The third-order valence-electron chi connectivity index (χ3n) is 8.02. The Balaban J connectivity index is 1.29. The maximum absolute atomic E-state index is 13.4. The fourth-order valence-electron chi connectivity index (χ4n) is 5.66. The van der Waals surface area contributed by atoms with E-state index >= 15 is 0 Å². The number of hydrogen-bond acceptors (Lipinski definition) is 11. The third-order valence-corrected chi connectivity index (χ3v) is 8.02. The van der Waals surface area contributed by atoms with E-state index in [0.29, 0.717) is 61.0 Å². The summed E-state index contributed by atoms with van der Waals surface area (Å²) >= 11 is 0. The molecule has 1 fully saturated rings. The van der Waals surface area contributed by atoms with E-state index in [-0.39, 0.29) is 17.7 Å². The fourth-order valence-corrected chi connectivity index (χ4v) is 5.66. The average molecular weight is 604 g/mol. The minimum atomic E-state index is -1.09. The van der Waals surface area contributed by atoms with Crippen molar-refractivity contribution in [3.8, 4) is 23.0 Å². The van der Waals surface area contributed by atoms with Crippen LogP contribution in [0.5, 0.6) is 23.0 Å². The Labute approximate surface area is 252 Å². The maximum Gasteiger partial charge on any atom is 0.306 e. The molecule has 0 amide bonds. The van der Waals surface area contributed by atoms with Crippen molar-refractivity contribution < 1.29 is 33.3 Å². The minimum absolute atomic E-state index is 0.128. The normalized spacial score (nSPS) is 15.6.